The second kappa shape index (κ2) is 5.04. The monoisotopic (exact) mass is 271 g/mol. The van der Waals surface area contributed by atoms with E-state index in [9.17, 15) is 9.90 Å². The second-order valence-electron chi connectivity index (χ2n) is 4.89. The Balaban J connectivity index is 2.16. The molecule has 20 heavy (non-hydrogen) atoms. The van der Waals surface area contributed by atoms with E-state index in [1.165, 1.54) is 0 Å². The van der Waals surface area contributed by atoms with Gasteiger partial charge in [-0.1, -0.05) is 18.2 Å². The van der Waals surface area contributed by atoms with Crippen molar-refractivity contribution in [2.75, 3.05) is 6.61 Å². The van der Waals surface area contributed by atoms with Crippen LogP contribution in [-0.2, 0) is 16.1 Å². The fourth-order valence-corrected chi connectivity index (χ4v) is 2.75. The Bertz CT molecular complexity index is 697. The summed E-state index contributed by atoms with van der Waals surface area (Å²) in [6.45, 7) is 2.87. The molecule has 0 unspecified atom stereocenters. The Hall–Kier alpha value is -2.23. The van der Waals surface area contributed by atoms with Crippen molar-refractivity contribution in [3.8, 4) is 0 Å². The Labute approximate surface area is 117 Å². The van der Waals surface area contributed by atoms with Gasteiger partial charge in [-0.3, -0.25) is 0 Å². The average molecular weight is 271 g/mol. The molecule has 1 aliphatic heterocycles. The first kappa shape index (κ1) is 12.8. The van der Waals surface area contributed by atoms with Crippen LogP contribution in [0.15, 0.2) is 35.9 Å². The van der Waals surface area contributed by atoms with Crippen LogP contribution in [-0.4, -0.2) is 22.2 Å². The minimum Gasteiger partial charge on any atom is -0.505 e. The van der Waals surface area contributed by atoms with Crippen molar-refractivity contribution in [3.63, 3.8) is 0 Å². The van der Waals surface area contributed by atoms with Gasteiger partial charge < -0.3 is 14.4 Å². The van der Waals surface area contributed by atoms with Crippen molar-refractivity contribution in [3.05, 3.63) is 41.6 Å². The van der Waals surface area contributed by atoms with Gasteiger partial charge in [-0.05, 0) is 31.9 Å². The van der Waals surface area contributed by atoms with Gasteiger partial charge in [0.1, 0.15) is 5.76 Å². The van der Waals surface area contributed by atoms with Crippen LogP contribution in [0.1, 0.15) is 25.5 Å². The Morgan fingerprint density at radius 3 is 3.00 bits per heavy atom. The van der Waals surface area contributed by atoms with Crippen molar-refractivity contribution >= 4 is 22.6 Å². The van der Waals surface area contributed by atoms with Gasteiger partial charge in [0.2, 0.25) is 0 Å². The van der Waals surface area contributed by atoms with Gasteiger partial charge in [-0.15, -0.1) is 0 Å². The molecule has 0 spiro atoms. The number of aryl methyl sites for hydroxylation is 1. The lowest BCUT2D eigenvalue weighted by Crippen LogP contribution is -2.09. The topological polar surface area (TPSA) is 51.5 Å². The first-order chi connectivity index (χ1) is 9.72. The maximum Gasteiger partial charge on any atom is 0.337 e. The predicted octanol–water partition coefficient (Wildman–Crippen LogP) is 3.27. The van der Waals surface area contributed by atoms with E-state index in [1.54, 1.807) is 6.92 Å². The Morgan fingerprint density at radius 2 is 2.20 bits per heavy atom. The summed E-state index contributed by atoms with van der Waals surface area (Å²) in [5.41, 5.74) is 2.17. The highest BCUT2D eigenvalue weighted by Gasteiger charge is 2.24. The molecule has 4 heteroatoms. The van der Waals surface area contributed by atoms with E-state index in [0.717, 1.165) is 23.9 Å². The largest absolute Gasteiger partial charge is 0.505 e. The lowest BCUT2D eigenvalue weighted by molar-refractivity contribution is -0.138. The number of aromatic nitrogens is 1. The molecule has 2 heterocycles. The number of esters is 1. The molecule has 0 atom stereocenters. The smallest absolute Gasteiger partial charge is 0.337 e. The third-order valence-electron chi connectivity index (χ3n) is 3.67. The van der Waals surface area contributed by atoms with Gasteiger partial charge in [0.25, 0.3) is 0 Å². The molecule has 4 nitrogen and oxygen atoms in total. The number of benzene rings is 1. The number of hydrogen-bond acceptors (Lipinski definition) is 3. The van der Waals surface area contributed by atoms with Gasteiger partial charge in [0, 0.05) is 17.4 Å². The van der Waals surface area contributed by atoms with Crippen LogP contribution in [0.4, 0.5) is 0 Å². The van der Waals surface area contributed by atoms with Crippen molar-refractivity contribution in [2.24, 2.45) is 0 Å². The molecule has 0 amide bonds. The first-order valence-electron chi connectivity index (χ1n) is 6.90. The number of fused-ring (bicyclic) bond motifs is 3. The van der Waals surface area contributed by atoms with E-state index in [1.807, 2.05) is 30.3 Å². The van der Waals surface area contributed by atoms with Crippen molar-refractivity contribution in [2.45, 2.75) is 26.3 Å². The lowest BCUT2D eigenvalue weighted by atomic mass is 10.1. The minimum atomic E-state index is -0.413. The number of nitrogens with zero attached hydrogens (tertiary/aromatic N) is 1. The summed E-state index contributed by atoms with van der Waals surface area (Å²) in [6, 6.07) is 9.91. The van der Waals surface area contributed by atoms with E-state index in [0.29, 0.717) is 24.3 Å². The normalized spacial score (nSPS) is 15.1. The van der Waals surface area contributed by atoms with E-state index >= 15 is 0 Å². The fraction of sp³-hybridized carbons (Fsp3) is 0.312. The number of carbonyl (C=O) groups excluding carboxylic acids is 1. The van der Waals surface area contributed by atoms with Crippen molar-refractivity contribution < 1.29 is 14.6 Å². The maximum absolute atomic E-state index is 11.9. The number of aliphatic hydroxyl groups excluding tert-OH is 1. The predicted molar refractivity (Wildman–Crippen MR) is 77.4 cm³/mol. The molecule has 0 saturated carbocycles. The molecule has 1 N–H and O–H groups in total. The third kappa shape index (κ3) is 1.97. The number of carbonyl (C=O) groups is 1. The van der Waals surface area contributed by atoms with E-state index in [2.05, 4.69) is 4.57 Å². The van der Waals surface area contributed by atoms with Gasteiger partial charge in [0.15, 0.2) is 0 Å². The summed E-state index contributed by atoms with van der Waals surface area (Å²) in [4.78, 5) is 11.9. The summed E-state index contributed by atoms with van der Waals surface area (Å²) >= 11 is 0. The molecule has 0 aliphatic carbocycles. The molecular formula is C16H17NO3. The number of para-hydroxylation sites is 1. The van der Waals surface area contributed by atoms with Gasteiger partial charge in [-0.25, -0.2) is 4.79 Å². The average Bonchev–Trinajstić information content (AvgIpc) is 2.74. The van der Waals surface area contributed by atoms with Crippen LogP contribution in [0, 0.1) is 0 Å². The quantitative estimate of drug-likeness (QED) is 0.853. The first-order valence-corrected chi connectivity index (χ1v) is 6.90. The van der Waals surface area contributed by atoms with E-state index in [4.69, 9.17) is 4.74 Å². The van der Waals surface area contributed by atoms with Gasteiger partial charge in [-0.2, -0.15) is 0 Å². The van der Waals surface area contributed by atoms with Crippen LogP contribution < -0.4 is 0 Å². The summed E-state index contributed by atoms with van der Waals surface area (Å²) in [7, 11) is 0. The van der Waals surface area contributed by atoms with Crippen LogP contribution in [0.2, 0.25) is 0 Å². The number of ether oxygens (including phenoxy) is 1. The second-order valence-corrected chi connectivity index (χ2v) is 4.89. The van der Waals surface area contributed by atoms with Crippen molar-refractivity contribution in [1.29, 1.82) is 0 Å². The zero-order chi connectivity index (χ0) is 14.1. The highest BCUT2D eigenvalue weighted by atomic mass is 16.5. The lowest BCUT2D eigenvalue weighted by Gasteiger charge is -2.07. The molecule has 1 aromatic carbocycles. The molecule has 2 aromatic rings. The third-order valence-corrected chi connectivity index (χ3v) is 3.67. The molecule has 3 rings (SSSR count). The maximum atomic E-state index is 11.9. The van der Waals surface area contributed by atoms with E-state index in [-0.39, 0.29) is 5.76 Å². The highest BCUT2D eigenvalue weighted by Crippen LogP contribution is 2.30. The van der Waals surface area contributed by atoms with E-state index < -0.39 is 5.97 Å². The van der Waals surface area contributed by atoms with Crippen LogP contribution in [0.5, 0.6) is 0 Å². The molecule has 0 bridgehead atoms. The van der Waals surface area contributed by atoms with Gasteiger partial charge >= 0.3 is 5.97 Å². The molecule has 0 fully saturated rings. The molecule has 0 radical (unpaired) electrons. The summed E-state index contributed by atoms with van der Waals surface area (Å²) in [5.74, 6) is -0.360. The molecule has 1 aromatic heterocycles. The van der Waals surface area contributed by atoms with Crippen LogP contribution >= 0.6 is 0 Å². The SMILES string of the molecule is CCOC(=O)C1=C(O)c2cc3ccccc3n2CCC1. The van der Waals surface area contributed by atoms with Crippen LogP contribution in [0.3, 0.4) is 0 Å². The highest BCUT2D eigenvalue weighted by molar-refractivity contribution is 5.97. The summed E-state index contributed by atoms with van der Waals surface area (Å²) < 4.78 is 7.10. The molecular weight excluding hydrogens is 254 g/mol. The Morgan fingerprint density at radius 1 is 1.40 bits per heavy atom. The van der Waals surface area contributed by atoms with Gasteiger partial charge in [0.05, 0.1) is 17.9 Å². The van der Waals surface area contributed by atoms with Crippen molar-refractivity contribution in [1.82, 2.24) is 4.57 Å². The minimum absolute atomic E-state index is 0.0529. The summed E-state index contributed by atoms with van der Waals surface area (Å²) in [5, 5.41) is 11.5. The standard InChI is InChI=1S/C16H17NO3/c1-2-20-16(19)12-7-5-9-17-13-8-4-3-6-11(13)10-14(17)15(12)18/h3-4,6,8,10,18H,2,5,7,9H2,1H3. The number of rotatable bonds is 2. The molecule has 0 saturated heterocycles. The number of aliphatic hydroxyl groups is 1. The zero-order valence-corrected chi connectivity index (χ0v) is 11.4. The number of hydrogen-bond donors (Lipinski definition) is 1. The Kier molecular flexibility index (Phi) is 3.22. The summed E-state index contributed by atoms with van der Waals surface area (Å²) in [6.07, 6.45) is 1.35. The van der Waals surface area contributed by atoms with Crippen LogP contribution in [0.25, 0.3) is 16.7 Å². The zero-order valence-electron chi connectivity index (χ0n) is 11.4. The molecule has 1 aliphatic rings. The fourth-order valence-electron chi connectivity index (χ4n) is 2.75. The molecule has 104 valence electrons.